The molecule has 0 bridgehead atoms. The third-order valence-electron chi connectivity index (χ3n) is 4.05. The summed E-state index contributed by atoms with van der Waals surface area (Å²) in [5.74, 6) is 0. The van der Waals surface area contributed by atoms with Gasteiger partial charge in [-0.25, -0.2) is 4.68 Å². The highest BCUT2D eigenvalue weighted by Gasteiger charge is 2.13. The summed E-state index contributed by atoms with van der Waals surface area (Å²) in [6.45, 7) is 0. The molecule has 0 spiro atoms. The monoisotopic (exact) mass is 325 g/mol. The van der Waals surface area contributed by atoms with Crippen LogP contribution in [0.1, 0.15) is 0 Å². The normalized spacial score (nSPS) is 10.6. The maximum Gasteiger partial charge on any atom is 0.108 e. The molecule has 0 saturated carbocycles. The van der Waals surface area contributed by atoms with Crippen LogP contribution in [0.2, 0.25) is 0 Å². The van der Waals surface area contributed by atoms with Gasteiger partial charge in [0.25, 0.3) is 0 Å². The zero-order valence-corrected chi connectivity index (χ0v) is 13.4. The number of nitrogens with zero attached hydrogens (tertiary/aromatic N) is 3. The topological polar surface area (TPSA) is 47.2 Å². The predicted molar refractivity (Wildman–Crippen MR) is 99.9 cm³/mol. The molecule has 4 nitrogen and oxygen atoms in total. The van der Waals surface area contributed by atoms with Gasteiger partial charge in [-0.3, -0.25) is 0 Å². The van der Waals surface area contributed by atoms with Gasteiger partial charge in [0.05, 0.1) is 17.1 Å². The quantitative estimate of drug-likeness (QED) is 0.458. The maximum atomic E-state index is 10.7. The number of hydrogen-bond donors (Lipinski definition) is 0. The van der Waals surface area contributed by atoms with Crippen LogP contribution in [0.15, 0.2) is 96.2 Å². The Morgan fingerprint density at radius 2 is 1.32 bits per heavy atom. The van der Waals surface area contributed by atoms with Gasteiger partial charge in [-0.05, 0) is 35.5 Å². The molecule has 0 aliphatic carbocycles. The molecule has 0 N–H and O–H groups in total. The molecule has 0 atom stereocenters. The second kappa shape index (κ2) is 6.53. The molecule has 4 heteroatoms. The van der Waals surface area contributed by atoms with E-state index in [4.69, 9.17) is 5.10 Å². The van der Waals surface area contributed by atoms with Crippen LogP contribution in [0.4, 0.5) is 5.69 Å². The van der Waals surface area contributed by atoms with Crippen molar-refractivity contribution in [1.82, 2.24) is 9.78 Å². The van der Waals surface area contributed by atoms with Gasteiger partial charge in [-0.15, -0.1) is 4.91 Å². The molecule has 1 heterocycles. The average Bonchev–Trinajstić information content (AvgIpc) is 3.15. The average molecular weight is 325 g/mol. The Hall–Kier alpha value is -3.53. The van der Waals surface area contributed by atoms with Crippen molar-refractivity contribution in [2.24, 2.45) is 5.18 Å². The summed E-state index contributed by atoms with van der Waals surface area (Å²) in [5.41, 5.74) is 5.32. The zero-order chi connectivity index (χ0) is 17.1. The molecule has 1 aromatic heterocycles. The highest BCUT2D eigenvalue weighted by molar-refractivity contribution is 5.70. The molecule has 0 amide bonds. The van der Waals surface area contributed by atoms with Gasteiger partial charge >= 0.3 is 0 Å². The van der Waals surface area contributed by atoms with Crippen molar-refractivity contribution < 1.29 is 0 Å². The Morgan fingerprint density at radius 1 is 0.720 bits per heavy atom. The Morgan fingerprint density at radius 3 is 1.92 bits per heavy atom. The molecular formula is C21H15N3O. The van der Waals surface area contributed by atoms with Crippen LogP contribution < -0.4 is 0 Å². The van der Waals surface area contributed by atoms with Gasteiger partial charge in [0.1, 0.15) is 5.69 Å². The standard InChI is InChI=1S/C21H15N3O/c25-23-18-11-13-19(14-12-18)24-21(17-9-5-2-6-10-17)15-20(22-24)16-7-3-1-4-8-16/h1-15H. The van der Waals surface area contributed by atoms with Gasteiger partial charge in [0.15, 0.2) is 0 Å². The van der Waals surface area contributed by atoms with Gasteiger partial charge in [-0.1, -0.05) is 60.7 Å². The summed E-state index contributed by atoms with van der Waals surface area (Å²) in [7, 11) is 0. The van der Waals surface area contributed by atoms with Crippen LogP contribution >= 0.6 is 0 Å². The Labute approximate surface area is 145 Å². The molecule has 3 aromatic carbocycles. The second-order valence-electron chi connectivity index (χ2n) is 5.67. The molecule has 0 saturated heterocycles. The lowest BCUT2D eigenvalue weighted by Crippen LogP contribution is -1.98. The number of hydrogen-bond acceptors (Lipinski definition) is 3. The summed E-state index contributed by atoms with van der Waals surface area (Å²) < 4.78 is 1.90. The van der Waals surface area contributed by atoms with Crippen LogP contribution in [0.5, 0.6) is 0 Å². The van der Waals surface area contributed by atoms with Crippen molar-refractivity contribution in [3.8, 4) is 28.2 Å². The van der Waals surface area contributed by atoms with Gasteiger partial charge in [-0.2, -0.15) is 5.10 Å². The van der Waals surface area contributed by atoms with Crippen LogP contribution in [0, 0.1) is 4.91 Å². The number of nitroso groups, excluding NO2 is 1. The van der Waals surface area contributed by atoms with E-state index in [1.807, 2.05) is 65.3 Å². The first-order chi connectivity index (χ1) is 12.3. The van der Waals surface area contributed by atoms with Gasteiger partial charge in [0.2, 0.25) is 0 Å². The van der Waals surface area contributed by atoms with E-state index in [1.54, 1.807) is 12.1 Å². The lowest BCUT2D eigenvalue weighted by Gasteiger charge is -2.07. The van der Waals surface area contributed by atoms with Crippen LogP contribution in [-0.4, -0.2) is 9.78 Å². The number of aromatic nitrogens is 2. The third-order valence-corrected chi connectivity index (χ3v) is 4.05. The van der Waals surface area contributed by atoms with Crippen LogP contribution in [0.25, 0.3) is 28.2 Å². The molecule has 0 radical (unpaired) electrons. The second-order valence-corrected chi connectivity index (χ2v) is 5.67. The molecular weight excluding hydrogens is 310 g/mol. The first kappa shape index (κ1) is 15.0. The first-order valence-corrected chi connectivity index (χ1v) is 8.00. The lowest BCUT2D eigenvalue weighted by atomic mass is 10.1. The largest absolute Gasteiger partial charge is 0.232 e. The number of rotatable bonds is 4. The third kappa shape index (κ3) is 2.97. The molecule has 120 valence electrons. The minimum Gasteiger partial charge on any atom is -0.232 e. The fourth-order valence-electron chi connectivity index (χ4n) is 2.80. The van der Waals surface area contributed by atoms with Crippen molar-refractivity contribution in [2.45, 2.75) is 0 Å². The van der Waals surface area contributed by atoms with E-state index in [0.717, 1.165) is 28.2 Å². The van der Waals surface area contributed by atoms with Crippen molar-refractivity contribution in [3.05, 3.63) is 95.9 Å². The van der Waals surface area contributed by atoms with E-state index in [9.17, 15) is 4.91 Å². The smallest absolute Gasteiger partial charge is 0.108 e. The van der Waals surface area contributed by atoms with E-state index < -0.39 is 0 Å². The molecule has 4 aromatic rings. The molecule has 0 aliphatic rings. The van der Waals surface area contributed by atoms with E-state index in [0.29, 0.717) is 5.69 Å². The Bertz CT molecular complexity index is 991. The SMILES string of the molecule is O=Nc1ccc(-n2nc(-c3ccccc3)cc2-c2ccccc2)cc1. The fraction of sp³-hybridized carbons (Fsp3) is 0. The van der Waals surface area contributed by atoms with E-state index in [2.05, 4.69) is 23.4 Å². The van der Waals surface area contributed by atoms with E-state index >= 15 is 0 Å². The maximum absolute atomic E-state index is 10.7. The Balaban J connectivity index is 1.88. The summed E-state index contributed by atoms with van der Waals surface area (Å²) in [6, 6.07) is 29.4. The van der Waals surface area contributed by atoms with E-state index in [1.165, 1.54) is 0 Å². The highest BCUT2D eigenvalue weighted by atomic mass is 16.3. The van der Waals surface area contributed by atoms with Crippen LogP contribution in [0.3, 0.4) is 0 Å². The summed E-state index contributed by atoms with van der Waals surface area (Å²) in [6.07, 6.45) is 0. The molecule has 0 fully saturated rings. The minimum atomic E-state index is 0.403. The number of benzene rings is 3. The fourth-order valence-corrected chi connectivity index (χ4v) is 2.80. The summed E-state index contributed by atoms with van der Waals surface area (Å²) in [4.78, 5) is 10.7. The summed E-state index contributed by atoms with van der Waals surface area (Å²) in [5, 5.41) is 7.75. The minimum absolute atomic E-state index is 0.403. The molecule has 0 unspecified atom stereocenters. The molecule has 4 rings (SSSR count). The lowest BCUT2D eigenvalue weighted by molar-refractivity contribution is 0.892. The zero-order valence-electron chi connectivity index (χ0n) is 13.4. The van der Waals surface area contributed by atoms with Crippen molar-refractivity contribution in [2.75, 3.05) is 0 Å². The predicted octanol–water partition coefficient (Wildman–Crippen LogP) is 5.60. The van der Waals surface area contributed by atoms with Gasteiger partial charge < -0.3 is 0 Å². The van der Waals surface area contributed by atoms with Crippen molar-refractivity contribution in [3.63, 3.8) is 0 Å². The summed E-state index contributed by atoms with van der Waals surface area (Å²) >= 11 is 0. The molecule has 0 aliphatic heterocycles. The van der Waals surface area contributed by atoms with Crippen molar-refractivity contribution in [1.29, 1.82) is 0 Å². The van der Waals surface area contributed by atoms with Gasteiger partial charge in [0, 0.05) is 11.1 Å². The Kier molecular flexibility index (Phi) is 3.92. The molecule has 25 heavy (non-hydrogen) atoms. The van der Waals surface area contributed by atoms with Crippen molar-refractivity contribution >= 4 is 5.69 Å². The van der Waals surface area contributed by atoms with Crippen LogP contribution in [-0.2, 0) is 0 Å². The first-order valence-electron chi connectivity index (χ1n) is 8.00. The highest BCUT2D eigenvalue weighted by Crippen LogP contribution is 2.29. The van der Waals surface area contributed by atoms with E-state index in [-0.39, 0.29) is 0 Å².